The van der Waals surface area contributed by atoms with E-state index in [2.05, 4.69) is 12.2 Å². The van der Waals surface area contributed by atoms with Crippen molar-refractivity contribution in [2.45, 2.75) is 56.4 Å². The summed E-state index contributed by atoms with van der Waals surface area (Å²) in [5, 5.41) is 3.36. The maximum absolute atomic E-state index is 11.6. The summed E-state index contributed by atoms with van der Waals surface area (Å²) in [4.78, 5) is 0. The van der Waals surface area contributed by atoms with E-state index < -0.39 is 9.84 Å². The molecule has 1 aliphatic carbocycles. The van der Waals surface area contributed by atoms with Gasteiger partial charge < -0.3 is 9.73 Å². The lowest BCUT2D eigenvalue weighted by molar-refractivity contribution is 0.334. The van der Waals surface area contributed by atoms with Crippen LogP contribution in [0, 0.1) is 0 Å². The van der Waals surface area contributed by atoms with Gasteiger partial charge in [0.25, 0.3) is 0 Å². The van der Waals surface area contributed by atoms with Gasteiger partial charge in [0.05, 0.1) is 11.5 Å². The Morgan fingerprint density at radius 1 is 1.47 bits per heavy atom. The topological polar surface area (TPSA) is 59.3 Å². The molecular weight excluding hydrogens is 262 g/mol. The molecular formula is C14H23NO3S. The van der Waals surface area contributed by atoms with Crippen molar-refractivity contribution < 1.29 is 12.8 Å². The average molecular weight is 285 g/mol. The Morgan fingerprint density at radius 3 is 2.89 bits per heavy atom. The summed E-state index contributed by atoms with van der Waals surface area (Å²) in [5.74, 6) is 0.968. The average Bonchev–Trinajstić information content (AvgIpc) is 2.80. The normalized spacial score (nSPS) is 26.2. The van der Waals surface area contributed by atoms with Gasteiger partial charge in [0.2, 0.25) is 0 Å². The van der Waals surface area contributed by atoms with E-state index in [1.807, 2.05) is 12.1 Å². The van der Waals surface area contributed by atoms with E-state index in [0.29, 0.717) is 12.1 Å². The molecule has 1 aromatic heterocycles. The molecule has 5 heteroatoms. The highest BCUT2D eigenvalue weighted by molar-refractivity contribution is 7.91. The Morgan fingerprint density at radius 2 is 2.26 bits per heavy atom. The zero-order valence-electron chi connectivity index (χ0n) is 11.6. The van der Waals surface area contributed by atoms with Gasteiger partial charge in [-0.15, -0.1) is 0 Å². The van der Waals surface area contributed by atoms with Crippen LogP contribution in [0.4, 0.5) is 0 Å². The fraction of sp³-hybridized carbons (Fsp3) is 0.714. The summed E-state index contributed by atoms with van der Waals surface area (Å²) in [6.45, 7) is 2.12. The Labute approximate surface area is 115 Å². The minimum absolute atomic E-state index is 0.172. The third-order valence-electron chi connectivity index (χ3n) is 3.84. The van der Waals surface area contributed by atoms with Crippen molar-refractivity contribution in [1.82, 2.24) is 5.32 Å². The maximum Gasteiger partial charge on any atom is 0.150 e. The molecule has 1 fully saturated rings. The highest BCUT2D eigenvalue weighted by Gasteiger charge is 2.29. The van der Waals surface area contributed by atoms with Crippen molar-refractivity contribution in [3.63, 3.8) is 0 Å². The molecule has 0 aliphatic heterocycles. The fourth-order valence-electron chi connectivity index (χ4n) is 2.88. The third-order valence-corrected chi connectivity index (χ3v) is 5.48. The molecule has 4 nitrogen and oxygen atoms in total. The third kappa shape index (κ3) is 4.35. The summed E-state index contributed by atoms with van der Waals surface area (Å²) >= 11 is 0. The van der Waals surface area contributed by atoms with E-state index in [9.17, 15) is 8.42 Å². The molecule has 0 bridgehead atoms. The second-order valence-corrected chi connectivity index (χ2v) is 7.99. The van der Waals surface area contributed by atoms with Crippen molar-refractivity contribution >= 4 is 9.84 Å². The first-order valence-electron chi connectivity index (χ1n) is 6.92. The molecule has 108 valence electrons. The predicted octanol–water partition coefficient (Wildman–Crippen LogP) is 2.16. The first-order chi connectivity index (χ1) is 8.95. The van der Waals surface area contributed by atoms with Gasteiger partial charge in [-0.3, -0.25) is 0 Å². The van der Waals surface area contributed by atoms with Crippen LogP contribution in [0.3, 0.4) is 0 Å². The lowest BCUT2D eigenvalue weighted by Gasteiger charge is -2.30. The first kappa shape index (κ1) is 14.6. The second kappa shape index (κ2) is 6.09. The van der Waals surface area contributed by atoms with Crippen LogP contribution < -0.4 is 5.32 Å². The van der Waals surface area contributed by atoms with Crippen LogP contribution >= 0.6 is 0 Å². The van der Waals surface area contributed by atoms with E-state index >= 15 is 0 Å². The molecule has 1 aromatic rings. The summed E-state index contributed by atoms with van der Waals surface area (Å²) < 4.78 is 28.6. The summed E-state index contributed by atoms with van der Waals surface area (Å²) in [5.41, 5.74) is 0. The highest BCUT2D eigenvalue weighted by atomic mass is 32.2. The number of hydrogen-bond donors (Lipinski definition) is 1. The quantitative estimate of drug-likeness (QED) is 0.900. The van der Waals surface area contributed by atoms with Gasteiger partial charge in [-0.2, -0.15) is 0 Å². The Hall–Kier alpha value is -0.810. The zero-order chi connectivity index (χ0) is 13.9. The number of sulfone groups is 1. The van der Waals surface area contributed by atoms with Crippen LogP contribution in [-0.4, -0.2) is 32.0 Å². The molecule has 0 amide bonds. The summed E-state index contributed by atoms with van der Waals surface area (Å²) in [6.07, 6.45) is 7.48. The van der Waals surface area contributed by atoms with Gasteiger partial charge in [-0.1, -0.05) is 6.42 Å². The first-order valence-corrected chi connectivity index (χ1v) is 8.88. The number of hydrogen-bond acceptors (Lipinski definition) is 4. The van der Waals surface area contributed by atoms with Gasteiger partial charge in [-0.05, 0) is 38.3 Å². The van der Waals surface area contributed by atoms with Gasteiger partial charge in [-0.25, -0.2) is 8.42 Å². The molecule has 0 saturated heterocycles. The van der Waals surface area contributed by atoms with E-state index in [1.54, 1.807) is 6.26 Å². The van der Waals surface area contributed by atoms with Crippen molar-refractivity contribution in [3.05, 3.63) is 24.2 Å². The summed E-state index contributed by atoms with van der Waals surface area (Å²) in [6, 6.07) is 4.47. The molecule has 2 rings (SSSR count). The van der Waals surface area contributed by atoms with Gasteiger partial charge >= 0.3 is 0 Å². The molecule has 0 spiro atoms. The van der Waals surface area contributed by atoms with Crippen molar-refractivity contribution in [3.8, 4) is 0 Å². The van der Waals surface area contributed by atoms with E-state index in [-0.39, 0.29) is 5.25 Å². The predicted molar refractivity (Wildman–Crippen MR) is 75.9 cm³/mol. The lowest BCUT2D eigenvalue weighted by Crippen LogP contribution is -2.43. The number of nitrogens with one attached hydrogen (secondary N) is 1. The van der Waals surface area contributed by atoms with Crippen LogP contribution in [0.15, 0.2) is 22.8 Å². The second-order valence-electron chi connectivity index (χ2n) is 5.67. The highest BCUT2D eigenvalue weighted by Crippen LogP contribution is 2.24. The van der Waals surface area contributed by atoms with Crippen LogP contribution in [-0.2, 0) is 16.3 Å². The molecule has 19 heavy (non-hydrogen) atoms. The van der Waals surface area contributed by atoms with Crippen LogP contribution in [0.25, 0.3) is 0 Å². The zero-order valence-corrected chi connectivity index (χ0v) is 12.4. The molecule has 0 radical (unpaired) electrons. The van der Waals surface area contributed by atoms with Crippen LogP contribution in [0.5, 0.6) is 0 Å². The summed E-state index contributed by atoms with van der Waals surface area (Å²) in [7, 11) is -2.90. The molecule has 1 saturated carbocycles. The van der Waals surface area contributed by atoms with Gasteiger partial charge in [0.1, 0.15) is 15.6 Å². The van der Waals surface area contributed by atoms with Crippen molar-refractivity contribution in [1.29, 1.82) is 0 Å². The molecule has 3 atom stereocenters. The van der Waals surface area contributed by atoms with E-state index in [4.69, 9.17) is 4.42 Å². The lowest BCUT2D eigenvalue weighted by atomic mass is 9.94. The standard InChI is InChI=1S/C14H23NO3S/c1-11(9-13-6-4-8-18-13)15-12-5-3-7-14(10-12)19(2,16)17/h4,6,8,11-12,14-15H,3,5,7,9-10H2,1-2H3. The minimum atomic E-state index is -2.90. The van der Waals surface area contributed by atoms with Crippen LogP contribution in [0.1, 0.15) is 38.4 Å². The van der Waals surface area contributed by atoms with Crippen LogP contribution in [0.2, 0.25) is 0 Å². The van der Waals surface area contributed by atoms with Crippen molar-refractivity contribution in [2.24, 2.45) is 0 Å². The maximum atomic E-state index is 11.6. The Bertz CT molecular complexity index is 481. The largest absolute Gasteiger partial charge is 0.469 e. The Balaban J connectivity index is 1.85. The van der Waals surface area contributed by atoms with Gasteiger partial charge in [0, 0.05) is 24.8 Å². The molecule has 1 heterocycles. The van der Waals surface area contributed by atoms with Crippen molar-refractivity contribution in [2.75, 3.05) is 6.26 Å². The van der Waals surface area contributed by atoms with Gasteiger partial charge in [0.15, 0.2) is 0 Å². The molecule has 1 aliphatic rings. The minimum Gasteiger partial charge on any atom is -0.469 e. The molecule has 3 unspecified atom stereocenters. The van der Waals surface area contributed by atoms with E-state index in [1.165, 1.54) is 6.26 Å². The smallest absolute Gasteiger partial charge is 0.150 e. The van der Waals surface area contributed by atoms with E-state index in [0.717, 1.165) is 37.9 Å². The molecule has 1 N–H and O–H groups in total. The Kier molecular flexibility index (Phi) is 4.68. The fourth-order valence-corrected chi connectivity index (χ4v) is 4.05. The SMILES string of the molecule is CC(Cc1ccco1)NC1CCCC(S(C)(=O)=O)C1. The number of furan rings is 1. The number of rotatable bonds is 5. The monoisotopic (exact) mass is 285 g/mol. The molecule has 0 aromatic carbocycles.